The maximum absolute atomic E-state index is 12.9. The Morgan fingerprint density at radius 2 is 2.15 bits per heavy atom. The van der Waals surface area contributed by atoms with Crippen LogP contribution in [-0.4, -0.2) is 45.6 Å². The number of carbonyl (C=O) groups is 2. The highest BCUT2D eigenvalue weighted by Crippen LogP contribution is 2.35. The van der Waals surface area contributed by atoms with Gasteiger partial charge in [0.1, 0.15) is 0 Å². The van der Waals surface area contributed by atoms with E-state index in [1.807, 2.05) is 19.2 Å². The van der Waals surface area contributed by atoms with Gasteiger partial charge in [0.25, 0.3) is 0 Å². The van der Waals surface area contributed by atoms with Crippen LogP contribution in [0.3, 0.4) is 0 Å². The first kappa shape index (κ1) is 17.9. The van der Waals surface area contributed by atoms with Crippen molar-refractivity contribution in [3.63, 3.8) is 0 Å². The Morgan fingerprint density at radius 1 is 1.35 bits per heavy atom. The van der Waals surface area contributed by atoms with Gasteiger partial charge in [-0.1, -0.05) is 6.07 Å². The SMILES string of the molecule is COc1ncccc1CNC(=O)[C@H]1CCC(=O)N(C)[C@@H]1c1ccnn1C. The molecule has 3 rings (SSSR count). The first-order chi connectivity index (χ1) is 12.5. The number of likely N-dealkylation sites (tertiary alicyclic amines) is 1. The highest BCUT2D eigenvalue weighted by Gasteiger charge is 2.40. The summed E-state index contributed by atoms with van der Waals surface area (Å²) in [4.78, 5) is 30.9. The van der Waals surface area contributed by atoms with Crippen LogP contribution in [0.25, 0.3) is 0 Å². The molecule has 0 aliphatic carbocycles. The molecule has 8 nitrogen and oxygen atoms in total. The third-order valence-corrected chi connectivity index (χ3v) is 4.86. The van der Waals surface area contributed by atoms with Gasteiger partial charge in [-0.25, -0.2) is 4.98 Å². The van der Waals surface area contributed by atoms with Gasteiger partial charge in [-0.2, -0.15) is 5.10 Å². The second-order valence-electron chi connectivity index (χ2n) is 6.36. The summed E-state index contributed by atoms with van der Waals surface area (Å²) in [6, 6.07) is 5.18. The number of piperidine rings is 1. The molecule has 1 fully saturated rings. The standard InChI is InChI=1S/C18H23N5O3/c1-22-15(24)7-6-13(16(22)14-8-10-21-23(14)2)17(25)20-11-12-5-4-9-19-18(12)26-3/h4-5,8-10,13,16H,6-7,11H2,1-3H3,(H,20,25)/t13-,16-/m0/s1. The number of nitrogens with one attached hydrogen (secondary N) is 1. The van der Waals surface area contributed by atoms with Gasteiger partial charge in [0, 0.05) is 45.0 Å². The van der Waals surface area contributed by atoms with Gasteiger partial charge >= 0.3 is 0 Å². The second-order valence-corrected chi connectivity index (χ2v) is 6.36. The third-order valence-electron chi connectivity index (χ3n) is 4.86. The van der Waals surface area contributed by atoms with Gasteiger partial charge in [0.15, 0.2) is 0 Å². The Labute approximate surface area is 152 Å². The molecule has 0 bridgehead atoms. The number of aryl methyl sites for hydroxylation is 1. The number of methoxy groups -OCH3 is 1. The summed E-state index contributed by atoms with van der Waals surface area (Å²) < 4.78 is 6.94. The molecule has 0 unspecified atom stereocenters. The van der Waals surface area contributed by atoms with Crippen molar-refractivity contribution in [1.29, 1.82) is 0 Å². The van der Waals surface area contributed by atoms with Crippen molar-refractivity contribution in [2.75, 3.05) is 14.2 Å². The number of rotatable bonds is 5. The Kier molecular flexibility index (Phi) is 5.20. The van der Waals surface area contributed by atoms with E-state index < -0.39 is 0 Å². The second kappa shape index (κ2) is 7.55. The lowest BCUT2D eigenvalue weighted by Crippen LogP contribution is -2.46. The molecular formula is C18H23N5O3. The smallest absolute Gasteiger partial charge is 0.225 e. The van der Waals surface area contributed by atoms with E-state index in [0.717, 1.165) is 11.3 Å². The maximum atomic E-state index is 12.9. The van der Waals surface area contributed by atoms with Gasteiger partial charge in [-0.15, -0.1) is 0 Å². The fourth-order valence-corrected chi connectivity index (χ4v) is 3.45. The highest BCUT2D eigenvalue weighted by molar-refractivity contribution is 5.84. The van der Waals surface area contributed by atoms with Crippen molar-refractivity contribution in [2.45, 2.75) is 25.4 Å². The molecule has 2 aromatic rings. The van der Waals surface area contributed by atoms with E-state index in [-0.39, 0.29) is 23.8 Å². The predicted octanol–water partition coefficient (Wildman–Crippen LogP) is 1.05. The van der Waals surface area contributed by atoms with E-state index in [2.05, 4.69) is 15.4 Å². The molecule has 2 amide bonds. The quantitative estimate of drug-likeness (QED) is 0.864. The number of carbonyl (C=O) groups excluding carboxylic acids is 2. The first-order valence-corrected chi connectivity index (χ1v) is 8.52. The zero-order valence-electron chi connectivity index (χ0n) is 15.2. The first-order valence-electron chi connectivity index (χ1n) is 8.52. The Balaban J connectivity index is 1.78. The molecule has 0 saturated carbocycles. The number of hydrogen-bond acceptors (Lipinski definition) is 5. The number of aromatic nitrogens is 3. The average Bonchev–Trinajstić information content (AvgIpc) is 3.07. The average molecular weight is 357 g/mol. The molecule has 1 aliphatic heterocycles. The van der Waals surface area contributed by atoms with Crippen LogP contribution in [0.4, 0.5) is 0 Å². The summed E-state index contributed by atoms with van der Waals surface area (Å²) in [6.45, 7) is 0.322. The minimum absolute atomic E-state index is 0.0363. The summed E-state index contributed by atoms with van der Waals surface area (Å²) >= 11 is 0. The molecule has 3 heterocycles. The molecule has 0 spiro atoms. The molecule has 8 heteroatoms. The van der Waals surface area contributed by atoms with Crippen LogP contribution < -0.4 is 10.1 Å². The van der Waals surface area contributed by atoms with Gasteiger partial charge < -0.3 is 15.0 Å². The zero-order valence-corrected chi connectivity index (χ0v) is 15.2. The van der Waals surface area contributed by atoms with E-state index in [1.165, 1.54) is 0 Å². The van der Waals surface area contributed by atoms with Crippen LogP contribution in [0.5, 0.6) is 5.88 Å². The van der Waals surface area contributed by atoms with E-state index in [4.69, 9.17) is 4.74 Å². The van der Waals surface area contributed by atoms with Crippen LogP contribution in [0.1, 0.15) is 30.1 Å². The summed E-state index contributed by atoms with van der Waals surface area (Å²) in [7, 11) is 5.11. The summed E-state index contributed by atoms with van der Waals surface area (Å²) in [6.07, 6.45) is 4.19. The van der Waals surface area contributed by atoms with Crippen molar-refractivity contribution in [3.05, 3.63) is 41.9 Å². The molecule has 26 heavy (non-hydrogen) atoms. The Morgan fingerprint density at radius 3 is 2.85 bits per heavy atom. The van der Waals surface area contributed by atoms with Gasteiger partial charge in [0.05, 0.1) is 24.8 Å². The highest BCUT2D eigenvalue weighted by atomic mass is 16.5. The van der Waals surface area contributed by atoms with E-state index in [0.29, 0.717) is 25.3 Å². The van der Waals surface area contributed by atoms with Gasteiger partial charge in [0.2, 0.25) is 17.7 Å². The molecular weight excluding hydrogens is 334 g/mol. The summed E-state index contributed by atoms with van der Waals surface area (Å²) in [5, 5.41) is 7.15. The Bertz CT molecular complexity index is 804. The van der Waals surface area contributed by atoms with E-state index in [1.54, 1.807) is 42.2 Å². The number of pyridine rings is 1. The molecule has 0 aromatic carbocycles. The van der Waals surface area contributed by atoms with Crippen LogP contribution in [0, 0.1) is 5.92 Å². The monoisotopic (exact) mass is 357 g/mol. The van der Waals surface area contributed by atoms with Crippen LogP contribution >= 0.6 is 0 Å². The van der Waals surface area contributed by atoms with E-state index in [9.17, 15) is 9.59 Å². The molecule has 2 aromatic heterocycles. The van der Waals surface area contributed by atoms with E-state index >= 15 is 0 Å². The summed E-state index contributed by atoms with van der Waals surface area (Å²) in [5.74, 6) is 0.0957. The summed E-state index contributed by atoms with van der Waals surface area (Å²) in [5.41, 5.74) is 1.65. The number of hydrogen-bond donors (Lipinski definition) is 1. The fraction of sp³-hybridized carbons (Fsp3) is 0.444. The van der Waals surface area contributed by atoms with Gasteiger partial charge in [-0.05, 0) is 18.6 Å². The Hall–Kier alpha value is -2.90. The number of amides is 2. The maximum Gasteiger partial charge on any atom is 0.225 e. The lowest BCUT2D eigenvalue weighted by molar-refractivity contribution is -0.142. The van der Waals surface area contributed by atoms with Crippen LogP contribution in [0.2, 0.25) is 0 Å². The minimum Gasteiger partial charge on any atom is -0.481 e. The topological polar surface area (TPSA) is 89.3 Å². The van der Waals surface area contributed by atoms with Crippen LogP contribution in [0.15, 0.2) is 30.6 Å². The third kappa shape index (κ3) is 3.40. The van der Waals surface area contributed by atoms with Crippen molar-refractivity contribution < 1.29 is 14.3 Å². The molecule has 2 atom stereocenters. The molecule has 0 radical (unpaired) electrons. The lowest BCUT2D eigenvalue weighted by Gasteiger charge is -2.38. The van der Waals surface area contributed by atoms with Crippen molar-refractivity contribution in [3.8, 4) is 5.88 Å². The van der Waals surface area contributed by atoms with Crippen LogP contribution in [-0.2, 0) is 23.2 Å². The molecule has 1 saturated heterocycles. The zero-order chi connectivity index (χ0) is 18.7. The number of ether oxygens (including phenoxy) is 1. The fourth-order valence-electron chi connectivity index (χ4n) is 3.45. The van der Waals surface area contributed by atoms with Crippen molar-refractivity contribution in [1.82, 2.24) is 25.0 Å². The van der Waals surface area contributed by atoms with Crippen molar-refractivity contribution in [2.24, 2.45) is 13.0 Å². The minimum atomic E-state index is -0.337. The van der Waals surface area contributed by atoms with Crippen molar-refractivity contribution >= 4 is 11.8 Å². The normalized spacial score (nSPS) is 20.1. The molecule has 1 N–H and O–H groups in total. The lowest BCUT2D eigenvalue weighted by atomic mass is 9.86. The predicted molar refractivity (Wildman–Crippen MR) is 94.1 cm³/mol. The molecule has 138 valence electrons. The van der Waals surface area contributed by atoms with Gasteiger partial charge in [-0.3, -0.25) is 14.3 Å². The largest absolute Gasteiger partial charge is 0.481 e. The molecule has 1 aliphatic rings. The number of nitrogens with zero attached hydrogens (tertiary/aromatic N) is 4.